The number of benzene rings is 1. The second-order valence-corrected chi connectivity index (χ2v) is 6.41. The molecular formula is C17H26N2O3. The lowest BCUT2D eigenvalue weighted by Crippen LogP contribution is -2.50. The maximum Gasteiger partial charge on any atom is 0.328 e. The highest BCUT2D eigenvalue weighted by Crippen LogP contribution is 2.40. The van der Waals surface area contributed by atoms with E-state index < -0.39 is 6.04 Å². The Bertz CT molecular complexity index is 543. The van der Waals surface area contributed by atoms with E-state index in [0.29, 0.717) is 18.2 Å². The fourth-order valence-corrected chi connectivity index (χ4v) is 2.58. The number of nitrogens with two attached hydrogens (primary N) is 1. The van der Waals surface area contributed by atoms with Crippen LogP contribution >= 0.6 is 0 Å². The number of carbonyl (C=O) groups is 1. The molecule has 22 heavy (non-hydrogen) atoms. The summed E-state index contributed by atoms with van der Waals surface area (Å²) in [5, 5.41) is 0. The SMILES string of the molecule is CC(C)OC(=O)C(C)N1CC(C(C)C)Oc2cccc(N)c21. The molecule has 0 radical (unpaired) electrons. The molecule has 0 aromatic heterocycles. The van der Waals surface area contributed by atoms with Crippen molar-refractivity contribution in [3.63, 3.8) is 0 Å². The van der Waals surface area contributed by atoms with Gasteiger partial charge < -0.3 is 20.1 Å². The number of hydrogen-bond acceptors (Lipinski definition) is 5. The second kappa shape index (κ2) is 6.46. The van der Waals surface area contributed by atoms with E-state index in [-0.39, 0.29) is 18.2 Å². The smallest absolute Gasteiger partial charge is 0.328 e. The number of carbonyl (C=O) groups excluding carboxylic acids is 1. The summed E-state index contributed by atoms with van der Waals surface area (Å²) >= 11 is 0. The van der Waals surface area contributed by atoms with E-state index in [0.717, 1.165) is 11.4 Å². The van der Waals surface area contributed by atoms with E-state index in [9.17, 15) is 4.79 Å². The molecule has 122 valence electrons. The summed E-state index contributed by atoms with van der Waals surface area (Å²) in [7, 11) is 0. The molecule has 2 unspecified atom stereocenters. The summed E-state index contributed by atoms with van der Waals surface area (Å²) in [6.07, 6.45) is -0.118. The molecule has 1 aromatic carbocycles. The summed E-state index contributed by atoms with van der Waals surface area (Å²) in [5.74, 6) is 0.827. The quantitative estimate of drug-likeness (QED) is 0.684. The van der Waals surface area contributed by atoms with Crippen molar-refractivity contribution >= 4 is 17.3 Å². The highest BCUT2D eigenvalue weighted by atomic mass is 16.5. The average Bonchev–Trinajstić information content (AvgIpc) is 2.44. The van der Waals surface area contributed by atoms with Crippen LogP contribution in [0.3, 0.4) is 0 Å². The molecule has 0 saturated carbocycles. The number of nitrogens with zero attached hydrogens (tertiary/aromatic N) is 1. The van der Waals surface area contributed by atoms with Gasteiger partial charge in [-0.1, -0.05) is 19.9 Å². The Morgan fingerprint density at radius 3 is 2.59 bits per heavy atom. The molecule has 0 fully saturated rings. The third kappa shape index (κ3) is 3.29. The first kappa shape index (κ1) is 16.5. The van der Waals surface area contributed by atoms with E-state index in [1.165, 1.54) is 0 Å². The summed E-state index contributed by atoms with van der Waals surface area (Å²) in [6.45, 7) is 10.4. The molecule has 1 aromatic rings. The van der Waals surface area contributed by atoms with Crippen LogP contribution in [-0.2, 0) is 9.53 Å². The van der Waals surface area contributed by atoms with Gasteiger partial charge in [0.2, 0.25) is 0 Å². The molecule has 0 aliphatic carbocycles. The molecule has 2 N–H and O–H groups in total. The van der Waals surface area contributed by atoms with Crippen LogP contribution in [0.25, 0.3) is 0 Å². The van der Waals surface area contributed by atoms with Gasteiger partial charge in [-0.3, -0.25) is 0 Å². The van der Waals surface area contributed by atoms with Gasteiger partial charge in [0.1, 0.15) is 23.6 Å². The van der Waals surface area contributed by atoms with Gasteiger partial charge in [-0.15, -0.1) is 0 Å². The molecule has 1 aliphatic heterocycles. The lowest BCUT2D eigenvalue weighted by Gasteiger charge is -2.41. The van der Waals surface area contributed by atoms with Crippen LogP contribution in [0.15, 0.2) is 18.2 Å². The number of hydrogen-bond donors (Lipinski definition) is 1. The maximum atomic E-state index is 12.3. The van der Waals surface area contributed by atoms with Gasteiger partial charge in [-0.05, 0) is 38.8 Å². The van der Waals surface area contributed by atoms with Gasteiger partial charge in [0.25, 0.3) is 0 Å². The Balaban J connectivity index is 2.35. The van der Waals surface area contributed by atoms with Crippen LogP contribution in [-0.4, -0.2) is 30.8 Å². The second-order valence-electron chi connectivity index (χ2n) is 6.41. The lowest BCUT2D eigenvalue weighted by molar-refractivity contribution is -0.148. The third-order valence-electron chi connectivity index (χ3n) is 3.88. The van der Waals surface area contributed by atoms with Crippen molar-refractivity contribution in [3.05, 3.63) is 18.2 Å². The lowest BCUT2D eigenvalue weighted by atomic mass is 10.0. The number of ether oxygens (including phenoxy) is 2. The van der Waals surface area contributed by atoms with E-state index in [1.807, 2.05) is 43.9 Å². The monoisotopic (exact) mass is 306 g/mol. The summed E-state index contributed by atoms with van der Waals surface area (Å²) < 4.78 is 11.4. The largest absolute Gasteiger partial charge is 0.486 e. The maximum absolute atomic E-state index is 12.3. The van der Waals surface area contributed by atoms with Gasteiger partial charge >= 0.3 is 5.97 Å². The fraction of sp³-hybridized carbons (Fsp3) is 0.588. The predicted molar refractivity (Wildman–Crippen MR) is 88.1 cm³/mol. The van der Waals surface area contributed by atoms with E-state index in [4.69, 9.17) is 15.2 Å². The summed E-state index contributed by atoms with van der Waals surface area (Å²) in [4.78, 5) is 14.3. The highest BCUT2D eigenvalue weighted by Gasteiger charge is 2.35. The first-order valence-electron chi connectivity index (χ1n) is 7.83. The molecule has 0 saturated heterocycles. The van der Waals surface area contributed by atoms with Crippen LogP contribution in [0.4, 0.5) is 11.4 Å². The average molecular weight is 306 g/mol. The number of nitrogen functional groups attached to an aromatic ring is 1. The van der Waals surface area contributed by atoms with Crippen molar-refractivity contribution in [2.45, 2.75) is 52.9 Å². The Labute approximate surface area is 132 Å². The van der Waals surface area contributed by atoms with Gasteiger partial charge in [0.15, 0.2) is 0 Å². The minimum atomic E-state index is -0.406. The zero-order valence-corrected chi connectivity index (χ0v) is 14.0. The first-order valence-corrected chi connectivity index (χ1v) is 7.83. The minimum absolute atomic E-state index is 0.0172. The molecule has 5 heteroatoms. The number of rotatable bonds is 4. The van der Waals surface area contributed by atoms with Crippen molar-refractivity contribution in [2.75, 3.05) is 17.2 Å². The van der Waals surface area contributed by atoms with Crippen molar-refractivity contribution < 1.29 is 14.3 Å². The zero-order chi connectivity index (χ0) is 16.4. The molecule has 5 nitrogen and oxygen atoms in total. The third-order valence-corrected chi connectivity index (χ3v) is 3.88. The minimum Gasteiger partial charge on any atom is -0.486 e. The van der Waals surface area contributed by atoms with Crippen LogP contribution in [0, 0.1) is 5.92 Å². The first-order chi connectivity index (χ1) is 10.3. The van der Waals surface area contributed by atoms with Crippen LogP contribution in [0.1, 0.15) is 34.6 Å². The Kier molecular flexibility index (Phi) is 4.84. The number of anilines is 2. The molecule has 0 bridgehead atoms. The van der Waals surface area contributed by atoms with Crippen molar-refractivity contribution in [3.8, 4) is 5.75 Å². The van der Waals surface area contributed by atoms with Gasteiger partial charge in [-0.25, -0.2) is 4.79 Å². The van der Waals surface area contributed by atoms with E-state index >= 15 is 0 Å². The topological polar surface area (TPSA) is 64.8 Å². The Morgan fingerprint density at radius 2 is 2.00 bits per heavy atom. The molecule has 1 aliphatic rings. The molecule has 0 spiro atoms. The fourth-order valence-electron chi connectivity index (χ4n) is 2.58. The Hall–Kier alpha value is -1.91. The normalized spacial score (nSPS) is 18.9. The molecule has 1 heterocycles. The zero-order valence-electron chi connectivity index (χ0n) is 14.0. The van der Waals surface area contributed by atoms with Crippen LogP contribution in [0.2, 0.25) is 0 Å². The van der Waals surface area contributed by atoms with Crippen LogP contribution in [0.5, 0.6) is 5.75 Å². The summed E-state index contributed by atoms with van der Waals surface area (Å²) in [5.41, 5.74) is 7.52. The molecule has 2 rings (SSSR count). The summed E-state index contributed by atoms with van der Waals surface area (Å²) in [6, 6.07) is 5.18. The number of fused-ring (bicyclic) bond motifs is 1. The molecular weight excluding hydrogens is 280 g/mol. The standard InChI is InChI=1S/C17H26N2O3/c1-10(2)15-9-19(12(5)17(20)21-11(3)4)16-13(18)7-6-8-14(16)22-15/h6-8,10-12,15H,9,18H2,1-5H3. The van der Waals surface area contributed by atoms with E-state index in [2.05, 4.69) is 13.8 Å². The van der Waals surface area contributed by atoms with Gasteiger partial charge in [0.05, 0.1) is 18.3 Å². The van der Waals surface area contributed by atoms with Crippen molar-refractivity contribution in [2.24, 2.45) is 5.92 Å². The Morgan fingerprint density at radius 1 is 1.32 bits per heavy atom. The van der Waals surface area contributed by atoms with Gasteiger partial charge in [-0.2, -0.15) is 0 Å². The van der Waals surface area contributed by atoms with Gasteiger partial charge in [0, 0.05) is 0 Å². The molecule has 2 atom stereocenters. The number of para-hydroxylation sites is 1. The van der Waals surface area contributed by atoms with Crippen LogP contribution < -0.4 is 15.4 Å². The predicted octanol–water partition coefficient (Wildman–Crippen LogP) is 2.83. The van der Waals surface area contributed by atoms with Crippen molar-refractivity contribution in [1.29, 1.82) is 0 Å². The van der Waals surface area contributed by atoms with E-state index in [1.54, 1.807) is 0 Å². The molecule has 0 amide bonds. The van der Waals surface area contributed by atoms with Crippen molar-refractivity contribution in [1.82, 2.24) is 0 Å². The number of esters is 1. The highest BCUT2D eigenvalue weighted by molar-refractivity contribution is 5.85.